The molecule has 0 aliphatic rings. The zero-order valence-corrected chi connectivity index (χ0v) is 13.3. The fraction of sp³-hybridized carbons (Fsp3) is 0.316. The molecule has 2 aromatic carbocycles. The average molecular weight is 296 g/mol. The number of nitrogens with zero attached hydrogens (tertiary/aromatic N) is 1. The monoisotopic (exact) mass is 296 g/mol. The van der Waals surface area contributed by atoms with E-state index in [2.05, 4.69) is 24.4 Å². The van der Waals surface area contributed by atoms with Crippen LogP contribution < -0.4 is 10.2 Å². The molecule has 0 radical (unpaired) electrons. The maximum absolute atomic E-state index is 12.1. The zero-order chi connectivity index (χ0) is 15.8. The molecule has 0 spiro atoms. The molecule has 0 saturated heterocycles. The van der Waals surface area contributed by atoms with Crippen LogP contribution in [0.4, 0.5) is 5.69 Å². The summed E-state index contributed by atoms with van der Waals surface area (Å²) in [6, 6.07) is 20.5. The second-order valence-corrected chi connectivity index (χ2v) is 5.68. The standard InChI is InChI=1S/C19H24N2O/c1-16(13-14-17-9-5-3-6-10-17)20-19(22)15-21(2)18-11-7-4-8-12-18/h3-12,16H,13-15H2,1-2H3,(H,20,22)/t16-/m0/s1. The Morgan fingerprint density at radius 3 is 2.27 bits per heavy atom. The molecule has 2 aromatic rings. The van der Waals surface area contributed by atoms with Crippen molar-refractivity contribution in [1.82, 2.24) is 5.32 Å². The molecule has 0 fully saturated rings. The van der Waals surface area contributed by atoms with E-state index >= 15 is 0 Å². The predicted molar refractivity (Wildman–Crippen MR) is 92.1 cm³/mol. The summed E-state index contributed by atoms with van der Waals surface area (Å²) in [6.45, 7) is 2.43. The van der Waals surface area contributed by atoms with Gasteiger partial charge in [-0.15, -0.1) is 0 Å². The second-order valence-electron chi connectivity index (χ2n) is 5.68. The van der Waals surface area contributed by atoms with E-state index in [0.29, 0.717) is 6.54 Å². The van der Waals surface area contributed by atoms with Crippen LogP contribution in [0.1, 0.15) is 18.9 Å². The van der Waals surface area contributed by atoms with Crippen LogP contribution in [0.2, 0.25) is 0 Å². The first-order chi connectivity index (χ1) is 10.6. The molecular weight excluding hydrogens is 272 g/mol. The summed E-state index contributed by atoms with van der Waals surface area (Å²) in [6.07, 6.45) is 1.93. The van der Waals surface area contributed by atoms with Gasteiger partial charge in [0, 0.05) is 18.8 Å². The summed E-state index contributed by atoms with van der Waals surface area (Å²) in [5, 5.41) is 3.07. The number of hydrogen-bond donors (Lipinski definition) is 1. The fourth-order valence-electron chi connectivity index (χ4n) is 2.41. The van der Waals surface area contributed by atoms with Crippen LogP contribution in [-0.2, 0) is 11.2 Å². The average Bonchev–Trinajstić information content (AvgIpc) is 2.54. The van der Waals surface area contributed by atoms with E-state index in [1.165, 1.54) is 5.56 Å². The minimum atomic E-state index is 0.0620. The number of anilines is 1. The lowest BCUT2D eigenvalue weighted by Crippen LogP contribution is -2.40. The first kappa shape index (κ1) is 16.1. The highest BCUT2D eigenvalue weighted by Gasteiger charge is 2.10. The topological polar surface area (TPSA) is 32.3 Å². The summed E-state index contributed by atoms with van der Waals surface area (Å²) in [7, 11) is 1.93. The SMILES string of the molecule is C[C@@H](CCc1ccccc1)NC(=O)CN(C)c1ccccc1. The van der Waals surface area contributed by atoms with Gasteiger partial charge in [0.1, 0.15) is 0 Å². The Morgan fingerprint density at radius 1 is 1.05 bits per heavy atom. The van der Waals surface area contributed by atoms with E-state index in [4.69, 9.17) is 0 Å². The molecule has 0 heterocycles. The van der Waals surface area contributed by atoms with Crippen molar-refractivity contribution in [1.29, 1.82) is 0 Å². The van der Waals surface area contributed by atoms with E-state index < -0.39 is 0 Å². The van der Waals surface area contributed by atoms with Crippen LogP contribution in [0.5, 0.6) is 0 Å². The number of nitrogens with one attached hydrogen (secondary N) is 1. The smallest absolute Gasteiger partial charge is 0.239 e. The van der Waals surface area contributed by atoms with Crippen molar-refractivity contribution in [3.8, 4) is 0 Å². The van der Waals surface area contributed by atoms with Crippen LogP contribution in [0.25, 0.3) is 0 Å². The van der Waals surface area contributed by atoms with Gasteiger partial charge in [-0.2, -0.15) is 0 Å². The van der Waals surface area contributed by atoms with E-state index in [-0.39, 0.29) is 11.9 Å². The Kier molecular flexibility index (Phi) is 6.01. The minimum absolute atomic E-state index is 0.0620. The van der Waals surface area contributed by atoms with Crippen molar-refractivity contribution in [2.75, 3.05) is 18.5 Å². The van der Waals surface area contributed by atoms with Gasteiger partial charge >= 0.3 is 0 Å². The number of amides is 1. The molecule has 2 rings (SSSR count). The number of carbonyl (C=O) groups excluding carboxylic acids is 1. The normalized spacial score (nSPS) is 11.7. The predicted octanol–water partition coefficient (Wildman–Crippen LogP) is 3.26. The maximum atomic E-state index is 12.1. The van der Waals surface area contributed by atoms with Gasteiger partial charge < -0.3 is 10.2 Å². The highest BCUT2D eigenvalue weighted by molar-refractivity contribution is 5.81. The van der Waals surface area contributed by atoms with E-state index in [1.807, 2.05) is 60.5 Å². The van der Waals surface area contributed by atoms with Gasteiger partial charge in [0.15, 0.2) is 0 Å². The van der Waals surface area contributed by atoms with Crippen molar-refractivity contribution in [2.45, 2.75) is 25.8 Å². The van der Waals surface area contributed by atoms with Gasteiger partial charge in [0.25, 0.3) is 0 Å². The van der Waals surface area contributed by atoms with Gasteiger partial charge in [-0.05, 0) is 37.5 Å². The lowest BCUT2D eigenvalue weighted by atomic mass is 10.1. The number of para-hydroxylation sites is 1. The summed E-state index contributed by atoms with van der Waals surface area (Å²) in [5.41, 5.74) is 2.36. The zero-order valence-electron chi connectivity index (χ0n) is 13.3. The minimum Gasteiger partial charge on any atom is -0.365 e. The number of hydrogen-bond acceptors (Lipinski definition) is 2. The maximum Gasteiger partial charge on any atom is 0.239 e. The Hall–Kier alpha value is -2.29. The van der Waals surface area contributed by atoms with Gasteiger partial charge in [-0.3, -0.25) is 4.79 Å². The first-order valence-corrected chi connectivity index (χ1v) is 7.74. The van der Waals surface area contributed by atoms with E-state index in [0.717, 1.165) is 18.5 Å². The quantitative estimate of drug-likeness (QED) is 0.850. The molecule has 0 aliphatic heterocycles. The lowest BCUT2D eigenvalue weighted by molar-refractivity contribution is -0.120. The third kappa shape index (κ3) is 5.24. The van der Waals surface area contributed by atoms with E-state index in [1.54, 1.807) is 0 Å². The van der Waals surface area contributed by atoms with E-state index in [9.17, 15) is 4.79 Å². The van der Waals surface area contributed by atoms with Gasteiger partial charge in [-0.25, -0.2) is 0 Å². The Labute approximate surface area is 133 Å². The Morgan fingerprint density at radius 2 is 1.64 bits per heavy atom. The third-order valence-electron chi connectivity index (χ3n) is 3.69. The molecule has 0 saturated carbocycles. The number of rotatable bonds is 7. The molecule has 1 amide bonds. The van der Waals surface area contributed by atoms with Crippen molar-refractivity contribution in [3.05, 3.63) is 66.2 Å². The first-order valence-electron chi connectivity index (χ1n) is 7.74. The van der Waals surface area contributed by atoms with Crippen LogP contribution in [-0.4, -0.2) is 25.5 Å². The molecule has 3 nitrogen and oxygen atoms in total. The molecule has 3 heteroatoms. The molecule has 1 N–H and O–H groups in total. The Balaban J connectivity index is 1.74. The summed E-state index contributed by atoms with van der Waals surface area (Å²) < 4.78 is 0. The summed E-state index contributed by atoms with van der Waals surface area (Å²) in [4.78, 5) is 14.1. The Bertz CT molecular complexity index is 569. The number of aryl methyl sites for hydroxylation is 1. The highest BCUT2D eigenvalue weighted by atomic mass is 16.2. The third-order valence-corrected chi connectivity index (χ3v) is 3.69. The van der Waals surface area contributed by atoms with Gasteiger partial charge in [0.05, 0.1) is 6.54 Å². The number of likely N-dealkylation sites (N-methyl/N-ethyl adjacent to an activating group) is 1. The van der Waals surface area contributed by atoms with Crippen molar-refractivity contribution >= 4 is 11.6 Å². The second kappa shape index (κ2) is 8.23. The summed E-state index contributed by atoms with van der Waals surface area (Å²) >= 11 is 0. The van der Waals surface area contributed by atoms with Crippen molar-refractivity contribution < 1.29 is 4.79 Å². The number of carbonyl (C=O) groups is 1. The van der Waals surface area contributed by atoms with Crippen molar-refractivity contribution in [3.63, 3.8) is 0 Å². The lowest BCUT2D eigenvalue weighted by Gasteiger charge is -2.20. The van der Waals surface area contributed by atoms with Gasteiger partial charge in [0.2, 0.25) is 5.91 Å². The molecule has 0 aliphatic carbocycles. The number of benzene rings is 2. The molecule has 116 valence electrons. The molecule has 1 atom stereocenters. The molecule has 0 unspecified atom stereocenters. The highest BCUT2D eigenvalue weighted by Crippen LogP contribution is 2.10. The van der Waals surface area contributed by atoms with Crippen LogP contribution in [0.3, 0.4) is 0 Å². The van der Waals surface area contributed by atoms with Crippen molar-refractivity contribution in [2.24, 2.45) is 0 Å². The van der Waals surface area contributed by atoms with Crippen LogP contribution in [0.15, 0.2) is 60.7 Å². The van der Waals surface area contributed by atoms with Gasteiger partial charge in [-0.1, -0.05) is 48.5 Å². The molecule has 22 heavy (non-hydrogen) atoms. The molecule has 0 aromatic heterocycles. The fourth-order valence-corrected chi connectivity index (χ4v) is 2.41. The molecular formula is C19H24N2O. The molecule has 0 bridgehead atoms. The van der Waals surface area contributed by atoms with Crippen LogP contribution in [0, 0.1) is 0 Å². The largest absolute Gasteiger partial charge is 0.365 e. The summed E-state index contributed by atoms with van der Waals surface area (Å²) in [5.74, 6) is 0.0620. The van der Waals surface area contributed by atoms with Crippen LogP contribution >= 0.6 is 0 Å².